The van der Waals surface area contributed by atoms with Crippen molar-refractivity contribution in [1.29, 1.82) is 0 Å². The number of hydrogen-bond acceptors (Lipinski definition) is 10. The van der Waals surface area contributed by atoms with Gasteiger partial charge in [0.1, 0.15) is 24.9 Å². The van der Waals surface area contributed by atoms with Gasteiger partial charge in [-0.2, -0.15) is 0 Å². The number of hydrogen-bond donors (Lipinski definition) is 2. The first kappa shape index (κ1) is 29.5. The minimum atomic E-state index is -0.967. The second-order valence-corrected chi connectivity index (χ2v) is 12.6. The van der Waals surface area contributed by atoms with Crippen molar-refractivity contribution < 1.29 is 48.0 Å². The molecule has 2 heterocycles. The number of cyclic esters (lactones) is 1. The van der Waals surface area contributed by atoms with Gasteiger partial charge < -0.3 is 34.1 Å². The highest BCUT2D eigenvalue weighted by Crippen LogP contribution is 2.59. The van der Waals surface area contributed by atoms with Crippen molar-refractivity contribution >= 4 is 29.9 Å². The largest absolute Gasteiger partial charge is 0.462 e. The summed E-state index contributed by atoms with van der Waals surface area (Å²) in [7, 11) is 0. The van der Waals surface area contributed by atoms with Crippen LogP contribution >= 0.6 is 0 Å². The number of ether oxygens (including phenoxy) is 5. The van der Waals surface area contributed by atoms with Crippen LogP contribution in [0.5, 0.6) is 0 Å². The van der Waals surface area contributed by atoms with Gasteiger partial charge in [0.2, 0.25) is 12.0 Å². The molecule has 2 saturated carbocycles. The molecule has 0 bridgehead atoms. The predicted molar refractivity (Wildman–Crippen MR) is 150 cm³/mol. The van der Waals surface area contributed by atoms with Crippen LogP contribution in [0.4, 0.5) is 0 Å². The van der Waals surface area contributed by atoms with Crippen molar-refractivity contribution in [2.45, 2.75) is 76.2 Å². The Kier molecular flexibility index (Phi) is 7.91. The lowest BCUT2D eigenvalue weighted by Crippen LogP contribution is -2.44. The second-order valence-electron chi connectivity index (χ2n) is 12.6. The molecule has 1 aromatic rings. The molecule has 230 valence electrons. The molecule has 1 amide bonds. The summed E-state index contributed by atoms with van der Waals surface area (Å²) in [4.78, 5) is 50.2. The molecule has 4 unspecified atom stereocenters. The van der Waals surface area contributed by atoms with Crippen molar-refractivity contribution in [2.75, 3.05) is 19.8 Å². The minimum Gasteiger partial charge on any atom is -0.462 e. The molecule has 0 radical (unpaired) electrons. The zero-order valence-electron chi connectivity index (χ0n) is 24.3. The molecule has 3 aliphatic carbocycles. The van der Waals surface area contributed by atoms with Crippen molar-refractivity contribution in [3.05, 3.63) is 53.1 Å². The van der Waals surface area contributed by atoms with E-state index < -0.39 is 53.5 Å². The van der Waals surface area contributed by atoms with E-state index in [4.69, 9.17) is 28.8 Å². The van der Waals surface area contributed by atoms with Crippen LogP contribution in [0, 0.1) is 17.3 Å². The lowest BCUT2D eigenvalue weighted by Gasteiger charge is -2.31. The van der Waals surface area contributed by atoms with Crippen LogP contribution in [0.25, 0.3) is 6.08 Å². The summed E-state index contributed by atoms with van der Waals surface area (Å²) in [5.41, 5.74) is 0.756. The summed E-state index contributed by atoms with van der Waals surface area (Å²) in [5.74, 6) is -2.24. The first-order valence-corrected chi connectivity index (χ1v) is 14.9. The van der Waals surface area contributed by atoms with Crippen LogP contribution in [0.15, 0.2) is 42.0 Å². The highest BCUT2D eigenvalue weighted by atomic mass is 16.8. The Labute approximate surface area is 249 Å². The Morgan fingerprint density at radius 1 is 1.05 bits per heavy atom. The molecule has 11 nitrogen and oxygen atoms in total. The standard InChI is InChI=1S/C32H37NO10/c1-31(2)17-39-30(38)27(31)41-25(35)12-5-18-3-6-19(7-4-18)29(37)40-23-15-20(28(36)33-13-14-34)16-24-26(23)43-32(42-24,21-8-9-21)22-10-11-22/h3-7,12,16,21-24,26-27,34H,8-11,13-15,17H2,1-2H3,(H,33,36). The summed E-state index contributed by atoms with van der Waals surface area (Å²) >= 11 is 0. The van der Waals surface area contributed by atoms with E-state index in [1.54, 1.807) is 44.2 Å². The number of aliphatic hydroxyl groups is 1. The number of rotatable bonds is 10. The maximum atomic E-state index is 13.3. The van der Waals surface area contributed by atoms with Crippen LogP contribution in [0.2, 0.25) is 0 Å². The molecule has 11 heteroatoms. The quantitative estimate of drug-likeness (QED) is 0.235. The predicted octanol–water partition coefficient (Wildman–Crippen LogP) is 2.46. The van der Waals surface area contributed by atoms with Crippen molar-refractivity contribution in [3.63, 3.8) is 0 Å². The zero-order valence-corrected chi connectivity index (χ0v) is 24.3. The van der Waals surface area contributed by atoms with Gasteiger partial charge in [-0.05, 0) is 55.5 Å². The molecule has 2 N–H and O–H groups in total. The average molecular weight is 596 g/mol. The van der Waals surface area contributed by atoms with Gasteiger partial charge in [0.25, 0.3) is 0 Å². The maximum absolute atomic E-state index is 13.3. The smallest absolute Gasteiger partial charge is 0.348 e. The molecule has 4 atom stereocenters. The number of benzene rings is 1. The fraction of sp³-hybridized carbons (Fsp3) is 0.562. The molecule has 0 aromatic heterocycles. The maximum Gasteiger partial charge on any atom is 0.348 e. The molecular weight excluding hydrogens is 558 g/mol. The summed E-state index contributed by atoms with van der Waals surface area (Å²) in [6, 6.07) is 6.48. The van der Waals surface area contributed by atoms with E-state index >= 15 is 0 Å². The normalized spacial score (nSPS) is 29.0. The van der Waals surface area contributed by atoms with Crippen LogP contribution in [0.1, 0.15) is 61.9 Å². The summed E-state index contributed by atoms with van der Waals surface area (Å²) in [6.07, 6.45) is 6.02. The Morgan fingerprint density at radius 3 is 2.35 bits per heavy atom. The SMILES string of the molecule is CC1(C)COC(=O)C1OC(=O)C=Cc1ccc(C(=O)OC2CC(C(=O)NCCO)=CC3OC(C4CC4)(C4CC4)OC32)cc1. The lowest BCUT2D eigenvalue weighted by molar-refractivity contribution is -0.209. The molecule has 2 aliphatic heterocycles. The van der Waals surface area contributed by atoms with Crippen molar-refractivity contribution in [2.24, 2.45) is 17.3 Å². The van der Waals surface area contributed by atoms with Crippen molar-refractivity contribution in [1.82, 2.24) is 5.32 Å². The third kappa shape index (κ3) is 6.11. The number of aliphatic hydroxyl groups excluding tert-OH is 1. The van der Waals surface area contributed by atoms with Crippen LogP contribution < -0.4 is 5.32 Å². The number of nitrogens with one attached hydrogen (secondary N) is 1. The topological polar surface area (TPSA) is 147 Å². The molecule has 1 aromatic carbocycles. The van der Waals surface area contributed by atoms with E-state index in [2.05, 4.69) is 5.32 Å². The summed E-state index contributed by atoms with van der Waals surface area (Å²) in [5, 5.41) is 11.8. The van der Waals surface area contributed by atoms with Crippen LogP contribution in [-0.4, -0.2) is 78.9 Å². The first-order valence-electron chi connectivity index (χ1n) is 14.9. The zero-order chi connectivity index (χ0) is 30.4. The molecule has 4 fully saturated rings. The van der Waals surface area contributed by atoms with Gasteiger partial charge in [0.05, 0.1) is 12.2 Å². The lowest BCUT2D eigenvalue weighted by atomic mass is 9.90. The molecule has 2 saturated heterocycles. The summed E-state index contributed by atoms with van der Waals surface area (Å²) < 4.78 is 29.4. The number of fused-ring (bicyclic) bond motifs is 1. The number of carbonyl (C=O) groups excluding carboxylic acids is 4. The van der Waals surface area contributed by atoms with E-state index in [-0.39, 0.29) is 32.1 Å². The molecule has 0 spiro atoms. The molecule has 6 rings (SSSR count). The van der Waals surface area contributed by atoms with Gasteiger partial charge >= 0.3 is 17.9 Å². The Hall–Kier alpha value is -3.54. The van der Waals surface area contributed by atoms with E-state index in [0.29, 0.717) is 28.5 Å². The average Bonchev–Trinajstić information content (AvgIpc) is 3.93. The number of amides is 1. The fourth-order valence-electron chi connectivity index (χ4n) is 6.04. The Bertz CT molecular complexity index is 1330. The van der Waals surface area contributed by atoms with E-state index in [0.717, 1.165) is 25.7 Å². The van der Waals surface area contributed by atoms with Crippen LogP contribution in [-0.2, 0) is 38.1 Å². The van der Waals surface area contributed by atoms with Gasteiger partial charge in [-0.3, -0.25) is 4.79 Å². The highest BCUT2D eigenvalue weighted by Gasteiger charge is 2.64. The van der Waals surface area contributed by atoms with Crippen LogP contribution in [0.3, 0.4) is 0 Å². The third-order valence-electron chi connectivity index (χ3n) is 8.66. The highest BCUT2D eigenvalue weighted by molar-refractivity contribution is 5.94. The summed E-state index contributed by atoms with van der Waals surface area (Å²) in [6.45, 7) is 3.69. The minimum absolute atomic E-state index is 0.115. The molecular formula is C32H37NO10. The van der Waals surface area contributed by atoms with Gasteiger partial charge in [-0.15, -0.1) is 0 Å². The van der Waals surface area contributed by atoms with E-state index in [1.165, 1.54) is 12.2 Å². The second kappa shape index (κ2) is 11.5. The van der Waals surface area contributed by atoms with Gasteiger partial charge in [-0.1, -0.05) is 26.0 Å². The van der Waals surface area contributed by atoms with Gasteiger partial charge in [0.15, 0.2) is 5.79 Å². The third-order valence-corrected chi connectivity index (χ3v) is 8.66. The Balaban J connectivity index is 1.12. The van der Waals surface area contributed by atoms with Gasteiger partial charge in [-0.25, -0.2) is 14.4 Å². The monoisotopic (exact) mass is 595 g/mol. The Morgan fingerprint density at radius 2 is 1.74 bits per heavy atom. The van der Waals surface area contributed by atoms with Crippen molar-refractivity contribution in [3.8, 4) is 0 Å². The fourth-order valence-corrected chi connectivity index (χ4v) is 6.04. The first-order chi connectivity index (χ1) is 20.6. The van der Waals surface area contributed by atoms with E-state index in [1.807, 2.05) is 0 Å². The number of esters is 3. The van der Waals surface area contributed by atoms with Gasteiger partial charge in [0, 0.05) is 41.9 Å². The van der Waals surface area contributed by atoms with E-state index in [9.17, 15) is 19.2 Å². The number of carbonyl (C=O) groups is 4. The molecule has 5 aliphatic rings. The molecule has 43 heavy (non-hydrogen) atoms.